The Labute approximate surface area is 93.6 Å². The summed E-state index contributed by atoms with van der Waals surface area (Å²) in [4.78, 5) is 22.1. The Morgan fingerprint density at radius 1 is 1.13 bits per heavy atom. The molecule has 0 aliphatic heterocycles. The summed E-state index contributed by atoms with van der Waals surface area (Å²) in [6.07, 6.45) is -0.572. The first-order valence-electron chi connectivity index (χ1n) is 4.69. The van der Waals surface area contributed by atoms with Gasteiger partial charge in [0.1, 0.15) is 0 Å². The molecule has 0 bridgehead atoms. The SMILES string of the molecule is CC(O)C(C)SC(C(N)=O)C(C)C(N)=O. The molecule has 0 aromatic rings. The molecule has 0 heterocycles. The Bertz CT molecular complexity index is 246. The third kappa shape index (κ3) is 4.53. The van der Waals surface area contributed by atoms with Gasteiger partial charge in [-0.1, -0.05) is 13.8 Å². The Morgan fingerprint density at radius 3 is 1.87 bits per heavy atom. The minimum atomic E-state index is -0.688. The van der Waals surface area contributed by atoms with Gasteiger partial charge in [-0.05, 0) is 6.92 Å². The monoisotopic (exact) mass is 234 g/mol. The molecule has 4 unspecified atom stereocenters. The van der Waals surface area contributed by atoms with Crippen LogP contribution < -0.4 is 11.5 Å². The fourth-order valence-electron chi connectivity index (χ4n) is 0.925. The van der Waals surface area contributed by atoms with Gasteiger partial charge in [0, 0.05) is 5.25 Å². The van der Waals surface area contributed by atoms with Crippen molar-refractivity contribution in [1.82, 2.24) is 0 Å². The zero-order chi connectivity index (χ0) is 12.2. The number of hydrogen-bond acceptors (Lipinski definition) is 4. The lowest BCUT2D eigenvalue weighted by Gasteiger charge is -2.23. The number of carbonyl (C=O) groups excluding carboxylic acids is 2. The van der Waals surface area contributed by atoms with Crippen molar-refractivity contribution in [3.63, 3.8) is 0 Å². The molecule has 0 aromatic heterocycles. The third-order valence-electron chi connectivity index (χ3n) is 2.22. The maximum Gasteiger partial charge on any atom is 0.231 e. The van der Waals surface area contributed by atoms with Crippen LogP contribution in [0, 0.1) is 5.92 Å². The second-order valence-corrected chi connectivity index (χ2v) is 5.12. The number of primary amides is 2. The maximum absolute atomic E-state index is 11.1. The quantitative estimate of drug-likeness (QED) is 0.574. The number of hydrogen-bond donors (Lipinski definition) is 3. The molecule has 6 heteroatoms. The highest BCUT2D eigenvalue weighted by atomic mass is 32.2. The fraction of sp³-hybridized carbons (Fsp3) is 0.778. The Morgan fingerprint density at radius 2 is 1.60 bits per heavy atom. The van der Waals surface area contributed by atoms with Crippen LogP contribution >= 0.6 is 11.8 Å². The van der Waals surface area contributed by atoms with Crippen molar-refractivity contribution in [2.24, 2.45) is 17.4 Å². The van der Waals surface area contributed by atoms with Crippen molar-refractivity contribution < 1.29 is 14.7 Å². The van der Waals surface area contributed by atoms with E-state index in [9.17, 15) is 14.7 Å². The topological polar surface area (TPSA) is 106 Å². The second-order valence-electron chi connectivity index (χ2n) is 3.60. The van der Waals surface area contributed by atoms with E-state index in [0.717, 1.165) is 0 Å². The van der Waals surface area contributed by atoms with Gasteiger partial charge in [-0.15, -0.1) is 11.8 Å². The summed E-state index contributed by atoms with van der Waals surface area (Å²) in [7, 11) is 0. The number of nitrogens with two attached hydrogens (primary N) is 2. The van der Waals surface area contributed by atoms with Gasteiger partial charge in [-0.3, -0.25) is 9.59 Å². The van der Waals surface area contributed by atoms with Crippen molar-refractivity contribution in [2.75, 3.05) is 0 Å². The molecule has 0 aliphatic carbocycles. The fourth-order valence-corrected chi connectivity index (χ4v) is 2.12. The number of amides is 2. The van der Waals surface area contributed by atoms with Crippen LogP contribution in [0.2, 0.25) is 0 Å². The molecule has 0 rings (SSSR count). The predicted molar refractivity (Wildman–Crippen MR) is 60.1 cm³/mol. The molecule has 0 saturated carbocycles. The van der Waals surface area contributed by atoms with E-state index in [2.05, 4.69) is 0 Å². The molecule has 0 fully saturated rings. The van der Waals surface area contributed by atoms with E-state index < -0.39 is 29.1 Å². The van der Waals surface area contributed by atoms with E-state index in [1.54, 1.807) is 20.8 Å². The summed E-state index contributed by atoms with van der Waals surface area (Å²) in [6, 6.07) is 0. The highest BCUT2D eigenvalue weighted by molar-refractivity contribution is 8.01. The van der Waals surface area contributed by atoms with Crippen molar-refractivity contribution in [3.8, 4) is 0 Å². The lowest BCUT2D eigenvalue weighted by Crippen LogP contribution is -2.40. The first-order valence-corrected chi connectivity index (χ1v) is 5.63. The van der Waals surface area contributed by atoms with Crippen LogP contribution in [0.1, 0.15) is 20.8 Å². The summed E-state index contributed by atoms with van der Waals surface area (Å²) >= 11 is 1.17. The predicted octanol–water partition coefficient (Wildman–Crippen LogP) is -0.536. The molecule has 0 spiro atoms. The van der Waals surface area contributed by atoms with E-state index in [-0.39, 0.29) is 5.25 Å². The van der Waals surface area contributed by atoms with Gasteiger partial charge in [-0.25, -0.2) is 0 Å². The summed E-state index contributed by atoms with van der Waals surface area (Å²) < 4.78 is 0. The molecule has 15 heavy (non-hydrogen) atoms. The van der Waals surface area contributed by atoms with Crippen LogP contribution in [-0.4, -0.2) is 33.5 Å². The van der Waals surface area contributed by atoms with Crippen LogP contribution in [-0.2, 0) is 9.59 Å². The third-order valence-corrected chi connectivity index (χ3v) is 3.98. The van der Waals surface area contributed by atoms with Crippen LogP contribution in [0.3, 0.4) is 0 Å². The zero-order valence-electron chi connectivity index (χ0n) is 9.14. The molecule has 5 N–H and O–H groups in total. The van der Waals surface area contributed by atoms with Crippen LogP contribution in [0.15, 0.2) is 0 Å². The molecular weight excluding hydrogens is 216 g/mol. The van der Waals surface area contributed by atoms with Gasteiger partial charge in [0.25, 0.3) is 0 Å². The Hall–Kier alpha value is -0.750. The van der Waals surface area contributed by atoms with E-state index in [1.807, 2.05) is 0 Å². The number of aliphatic hydroxyl groups is 1. The Balaban J connectivity index is 4.55. The standard InChI is InChI=1S/C9H18N2O3S/c1-4(8(10)13)7(9(11)14)15-6(3)5(2)12/h4-7,12H,1-3H3,(H2,10,13)(H2,11,14). The highest BCUT2D eigenvalue weighted by Crippen LogP contribution is 2.25. The summed E-state index contributed by atoms with van der Waals surface area (Å²) in [6.45, 7) is 4.93. The van der Waals surface area contributed by atoms with Gasteiger partial charge in [-0.2, -0.15) is 0 Å². The average Bonchev–Trinajstić information content (AvgIpc) is 2.11. The van der Waals surface area contributed by atoms with Crippen LogP contribution in [0.5, 0.6) is 0 Å². The molecule has 0 aliphatic rings. The van der Waals surface area contributed by atoms with Gasteiger partial charge in [0.05, 0.1) is 17.3 Å². The molecule has 4 atom stereocenters. The number of rotatable bonds is 6. The summed E-state index contributed by atoms with van der Waals surface area (Å²) in [5, 5.41) is 8.42. The molecule has 0 saturated heterocycles. The lowest BCUT2D eigenvalue weighted by atomic mass is 10.1. The van der Waals surface area contributed by atoms with Crippen molar-refractivity contribution >= 4 is 23.6 Å². The van der Waals surface area contributed by atoms with Gasteiger partial charge in [0.15, 0.2) is 0 Å². The highest BCUT2D eigenvalue weighted by Gasteiger charge is 2.30. The largest absolute Gasteiger partial charge is 0.392 e. The molecule has 2 amide bonds. The first kappa shape index (κ1) is 14.2. The summed E-state index contributed by atoms with van der Waals surface area (Å²) in [5.74, 6) is -1.78. The number of carbonyl (C=O) groups is 2. The normalized spacial score (nSPS) is 18.9. The molecule has 0 aromatic carbocycles. The van der Waals surface area contributed by atoms with Crippen LogP contribution in [0.4, 0.5) is 0 Å². The van der Waals surface area contributed by atoms with E-state index in [0.29, 0.717) is 0 Å². The van der Waals surface area contributed by atoms with Gasteiger partial charge < -0.3 is 16.6 Å². The lowest BCUT2D eigenvalue weighted by molar-refractivity contribution is -0.125. The second kappa shape index (κ2) is 5.97. The summed E-state index contributed by atoms with van der Waals surface area (Å²) in [5.41, 5.74) is 10.3. The van der Waals surface area contributed by atoms with Crippen molar-refractivity contribution in [3.05, 3.63) is 0 Å². The molecule has 0 radical (unpaired) electrons. The minimum absolute atomic E-state index is 0.177. The molecular formula is C9H18N2O3S. The maximum atomic E-state index is 11.1. The van der Waals surface area contributed by atoms with Crippen molar-refractivity contribution in [2.45, 2.75) is 37.4 Å². The number of aliphatic hydroxyl groups excluding tert-OH is 1. The van der Waals surface area contributed by atoms with Gasteiger partial charge in [0.2, 0.25) is 11.8 Å². The van der Waals surface area contributed by atoms with Crippen LogP contribution in [0.25, 0.3) is 0 Å². The average molecular weight is 234 g/mol. The first-order chi connectivity index (χ1) is 6.77. The van der Waals surface area contributed by atoms with E-state index >= 15 is 0 Å². The minimum Gasteiger partial charge on any atom is -0.392 e. The van der Waals surface area contributed by atoms with E-state index in [4.69, 9.17) is 11.5 Å². The number of thioether (sulfide) groups is 1. The van der Waals surface area contributed by atoms with Crippen molar-refractivity contribution in [1.29, 1.82) is 0 Å². The molecule has 88 valence electrons. The molecule has 5 nitrogen and oxygen atoms in total. The zero-order valence-corrected chi connectivity index (χ0v) is 9.95. The van der Waals surface area contributed by atoms with E-state index in [1.165, 1.54) is 11.8 Å². The van der Waals surface area contributed by atoms with Gasteiger partial charge >= 0.3 is 0 Å². The Kier molecular flexibility index (Phi) is 5.67. The smallest absolute Gasteiger partial charge is 0.231 e.